The highest BCUT2D eigenvalue weighted by molar-refractivity contribution is 5.80. The van der Waals surface area contributed by atoms with Crippen molar-refractivity contribution in [2.45, 2.75) is 13.8 Å². The van der Waals surface area contributed by atoms with Gasteiger partial charge in [-0.1, -0.05) is 48.5 Å². The molecule has 23 heavy (non-hydrogen) atoms. The first kappa shape index (κ1) is 13.8. The lowest BCUT2D eigenvalue weighted by molar-refractivity contribution is 0.617. The Morgan fingerprint density at radius 3 is 2.13 bits per heavy atom. The van der Waals surface area contributed by atoms with Crippen LogP contribution in [0.2, 0.25) is 0 Å². The first-order chi connectivity index (χ1) is 11.2. The minimum Gasteiger partial charge on any atom is -0.436 e. The molecule has 4 rings (SSSR count). The van der Waals surface area contributed by atoms with Crippen LogP contribution in [0, 0.1) is 13.8 Å². The Hall–Kier alpha value is -2.87. The normalized spacial score (nSPS) is 11.0. The average Bonchev–Trinajstić information content (AvgIpc) is 3.00. The van der Waals surface area contributed by atoms with Crippen LogP contribution in [0.3, 0.4) is 0 Å². The zero-order valence-corrected chi connectivity index (χ0v) is 13.2. The van der Waals surface area contributed by atoms with Crippen LogP contribution in [-0.2, 0) is 0 Å². The van der Waals surface area contributed by atoms with Crippen LogP contribution in [0.15, 0.2) is 71.1 Å². The van der Waals surface area contributed by atoms with Gasteiger partial charge in [-0.3, -0.25) is 0 Å². The number of nitrogens with zero attached hydrogens (tertiary/aromatic N) is 1. The minimum absolute atomic E-state index is 0.674. The summed E-state index contributed by atoms with van der Waals surface area (Å²) < 4.78 is 5.97. The topological polar surface area (TPSA) is 26.0 Å². The van der Waals surface area contributed by atoms with E-state index in [2.05, 4.69) is 79.5 Å². The highest BCUT2D eigenvalue weighted by Gasteiger charge is 2.10. The monoisotopic (exact) mass is 299 g/mol. The number of aryl methyl sites for hydroxylation is 2. The Morgan fingerprint density at radius 2 is 1.39 bits per heavy atom. The van der Waals surface area contributed by atoms with E-state index in [9.17, 15) is 0 Å². The van der Waals surface area contributed by atoms with Crippen molar-refractivity contribution in [1.82, 2.24) is 4.98 Å². The Morgan fingerprint density at radius 1 is 0.739 bits per heavy atom. The summed E-state index contributed by atoms with van der Waals surface area (Å²) in [7, 11) is 0. The number of benzene rings is 3. The van der Waals surface area contributed by atoms with Crippen molar-refractivity contribution < 1.29 is 4.42 Å². The third-order valence-corrected chi connectivity index (χ3v) is 4.06. The van der Waals surface area contributed by atoms with E-state index in [-0.39, 0.29) is 0 Å². The molecule has 2 heteroatoms. The molecule has 0 N–H and O–H groups in total. The zero-order valence-electron chi connectivity index (χ0n) is 13.2. The van der Waals surface area contributed by atoms with E-state index in [0.717, 1.165) is 22.2 Å². The predicted molar refractivity (Wildman–Crippen MR) is 94.4 cm³/mol. The van der Waals surface area contributed by atoms with Gasteiger partial charge in [0.25, 0.3) is 0 Å². The molecule has 0 unspecified atom stereocenters. The van der Waals surface area contributed by atoms with Gasteiger partial charge >= 0.3 is 0 Å². The molecule has 0 aliphatic heterocycles. The second-order valence-corrected chi connectivity index (χ2v) is 5.89. The highest BCUT2D eigenvalue weighted by atomic mass is 16.3. The first-order valence-corrected chi connectivity index (χ1v) is 7.74. The maximum Gasteiger partial charge on any atom is 0.227 e. The third-order valence-electron chi connectivity index (χ3n) is 4.06. The summed E-state index contributed by atoms with van der Waals surface area (Å²) in [5.74, 6) is 0.674. The number of rotatable bonds is 2. The van der Waals surface area contributed by atoms with Gasteiger partial charge in [-0.25, -0.2) is 4.98 Å². The molecule has 0 spiro atoms. The number of hydrogen-bond acceptors (Lipinski definition) is 2. The van der Waals surface area contributed by atoms with Crippen LogP contribution in [0.1, 0.15) is 11.1 Å². The second-order valence-electron chi connectivity index (χ2n) is 5.89. The number of fused-ring (bicyclic) bond motifs is 1. The fraction of sp³-hybridized carbons (Fsp3) is 0.0952. The van der Waals surface area contributed by atoms with Crippen LogP contribution in [-0.4, -0.2) is 4.98 Å². The van der Waals surface area contributed by atoms with Gasteiger partial charge in [0.15, 0.2) is 5.58 Å². The Kier molecular flexibility index (Phi) is 3.23. The molecule has 3 aromatic carbocycles. The van der Waals surface area contributed by atoms with E-state index in [0.29, 0.717) is 5.89 Å². The Bertz CT molecular complexity index is 966. The number of oxazole rings is 1. The lowest BCUT2D eigenvalue weighted by Crippen LogP contribution is -1.80. The van der Waals surface area contributed by atoms with Gasteiger partial charge < -0.3 is 4.42 Å². The van der Waals surface area contributed by atoms with E-state index in [4.69, 9.17) is 4.42 Å². The summed E-state index contributed by atoms with van der Waals surface area (Å²) in [5.41, 5.74) is 7.52. The fourth-order valence-corrected chi connectivity index (χ4v) is 2.94. The summed E-state index contributed by atoms with van der Waals surface area (Å²) in [6.07, 6.45) is 0. The number of aromatic nitrogens is 1. The van der Waals surface area contributed by atoms with Crippen LogP contribution < -0.4 is 0 Å². The van der Waals surface area contributed by atoms with E-state index in [1.54, 1.807) is 0 Å². The van der Waals surface area contributed by atoms with Crippen LogP contribution in [0.5, 0.6) is 0 Å². The SMILES string of the molecule is Cc1cc(C)c2oc(-c3ccc(-c4ccccc4)cc3)nc2c1. The van der Waals surface area contributed by atoms with E-state index in [1.807, 2.05) is 6.07 Å². The second kappa shape index (κ2) is 5.40. The van der Waals surface area contributed by atoms with E-state index >= 15 is 0 Å². The summed E-state index contributed by atoms with van der Waals surface area (Å²) >= 11 is 0. The molecule has 1 aromatic heterocycles. The molecule has 2 nitrogen and oxygen atoms in total. The zero-order chi connectivity index (χ0) is 15.8. The summed E-state index contributed by atoms with van der Waals surface area (Å²) in [6.45, 7) is 4.14. The van der Waals surface area contributed by atoms with Crippen molar-refractivity contribution in [3.63, 3.8) is 0 Å². The van der Waals surface area contributed by atoms with Gasteiger partial charge in [0.05, 0.1) is 0 Å². The molecule has 0 fully saturated rings. The Labute approximate surface area is 135 Å². The molecule has 0 atom stereocenters. The molecule has 0 bridgehead atoms. The number of hydrogen-bond donors (Lipinski definition) is 0. The molecule has 112 valence electrons. The molecular weight excluding hydrogens is 282 g/mol. The summed E-state index contributed by atoms with van der Waals surface area (Å²) in [5, 5.41) is 0. The third kappa shape index (κ3) is 2.53. The summed E-state index contributed by atoms with van der Waals surface area (Å²) in [6, 6.07) is 22.9. The van der Waals surface area contributed by atoms with Gasteiger partial charge in [0, 0.05) is 5.56 Å². The van der Waals surface area contributed by atoms with Crippen LogP contribution in [0.4, 0.5) is 0 Å². The maximum absolute atomic E-state index is 5.97. The predicted octanol–water partition coefficient (Wildman–Crippen LogP) is 5.78. The first-order valence-electron chi connectivity index (χ1n) is 7.74. The molecule has 0 saturated carbocycles. The van der Waals surface area contributed by atoms with Crippen molar-refractivity contribution in [3.05, 3.63) is 77.9 Å². The average molecular weight is 299 g/mol. The molecule has 0 amide bonds. The largest absolute Gasteiger partial charge is 0.436 e. The molecular formula is C21H17NO. The minimum atomic E-state index is 0.674. The maximum atomic E-state index is 5.97. The molecule has 0 aliphatic rings. The van der Waals surface area contributed by atoms with Crippen molar-refractivity contribution in [2.75, 3.05) is 0 Å². The van der Waals surface area contributed by atoms with E-state index < -0.39 is 0 Å². The van der Waals surface area contributed by atoms with Crippen molar-refractivity contribution in [2.24, 2.45) is 0 Å². The van der Waals surface area contributed by atoms with Gasteiger partial charge in [-0.05, 0) is 54.3 Å². The lowest BCUT2D eigenvalue weighted by Gasteiger charge is -2.02. The fourth-order valence-electron chi connectivity index (χ4n) is 2.94. The quantitative estimate of drug-likeness (QED) is 0.469. The lowest BCUT2D eigenvalue weighted by atomic mass is 10.0. The molecule has 4 aromatic rings. The highest BCUT2D eigenvalue weighted by Crippen LogP contribution is 2.29. The standard InChI is InChI=1S/C21H17NO/c1-14-12-15(2)20-19(13-14)22-21(23-20)18-10-8-17(9-11-18)16-6-4-3-5-7-16/h3-13H,1-2H3. The van der Waals surface area contributed by atoms with Crippen LogP contribution in [0.25, 0.3) is 33.7 Å². The van der Waals surface area contributed by atoms with Crippen molar-refractivity contribution in [1.29, 1.82) is 0 Å². The molecule has 0 aliphatic carbocycles. The smallest absolute Gasteiger partial charge is 0.227 e. The van der Waals surface area contributed by atoms with E-state index in [1.165, 1.54) is 16.7 Å². The summed E-state index contributed by atoms with van der Waals surface area (Å²) in [4.78, 5) is 4.64. The van der Waals surface area contributed by atoms with Gasteiger partial charge in [0.2, 0.25) is 5.89 Å². The van der Waals surface area contributed by atoms with Gasteiger partial charge in [-0.15, -0.1) is 0 Å². The van der Waals surface area contributed by atoms with Crippen LogP contribution >= 0.6 is 0 Å². The van der Waals surface area contributed by atoms with Crippen molar-refractivity contribution in [3.8, 4) is 22.6 Å². The van der Waals surface area contributed by atoms with Crippen molar-refractivity contribution >= 4 is 11.1 Å². The van der Waals surface area contributed by atoms with Gasteiger partial charge in [0.1, 0.15) is 5.52 Å². The molecule has 0 saturated heterocycles. The molecule has 0 radical (unpaired) electrons. The van der Waals surface area contributed by atoms with Gasteiger partial charge in [-0.2, -0.15) is 0 Å². The molecule has 1 heterocycles. The Balaban J connectivity index is 1.75.